The van der Waals surface area contributed by atoms with Crippen LogP contribution < -0.4 is 10.2 Å². The van der Waals surface area contributed by atoms with Gasteiger partial charge in [-0.15, -0.1) is 0 Å². The topological polar surface area (TPSA) is 89.6 Å². The summed E-state index contributed by atoms with van der Waals surface area (Å²) in [4.78, 5) is 11.9. The fraction of sp³-hybridized carbons (Fsp3) is 0.111. The molecular weight excluding hydrogens is 320 g/mol. The molecule has 0 unspecified atom stereocenters. The number of carbonyl (C=O) groups is 1. The van der Waals surface area contributed by atoms with Gasteiger partial charge < -0.3 is 4.74 Å². The highest BCUT2D eigenvalue weighted by atomic mass is 16.6. The van der Waals surface area contributed by atoms with E-state index in [4.69, 9.17) is 4.74 Å². The Bertz CT molecular complexity index is 875. The molecule has 0 aliphatic heterocycles. The molecule has 25 heavy (non-hydrogen) atoms. The molecule has 126 valence electrons. The number of rotatable bonds is 6. The first-order valence-electron chi connectivity index (χ1n) is 7.62. The van der Waals surface area contributed by atoms with Gasteiger partial charge in [0.05, 0.1) is 6.21 Å². The molecule has 2 aromatic carbocycles. The van der Waals surface area contributed by atoms with Crippen LogP contribution in [0.15, 0.2) is 64.3 Å². The molecule has 7 nitrogen and oxygen atoms in total. The highest BCUT2D eigenvalue weighted by Crippen LogP contribution is 2.17. The van der Waals surface area contributed by atoms with E-state index in [-0.39, 0.29) is 5.69 Å². The Hall–Kier alpha value is -3.48. The van der Waals surface area contributed by atoms with Crippen molar-refractivity contribution in [1.82, 2.24) is 15.7 Å². The lowest BCUT2D eigenvalue weighted by Crippen LogP contribution is -2.19. The molecule has 0 saturated carbocycles. The molecule has 0 radical (unpaired) electrons. The van der Waals surface area contributed by atoms with Crippen LogP contribution in [-0.4, -0.2) is 22.4 Å². The smallest absolute Gasteiger partial charge is 0.295 e. The fourth-order valence-electron chi connectivity index (χ4n) is 2.10. The van der Waals surface area contributed by atoms with Crippen molar-refractivity contribution in [2.24, 2.45) is 5.10 Å². The van der Waals surface area contributed by atoms with Gasteiger partial charge in [-0.05, 0) is 29.8 Å². The fourth-order valence-corrected chi connectivity index (χ4v) is 2.10. The minimum absolute atomic E-state index is 0.103. The van der Waals surface area contributed by atoms with Crippen molar-refractivity contribution in [3.8, 4) is 5.75 Å². The second-order valence-electron chi connectivity index (χ2n) is 5.21. The van der Waals surface area contributed by atoms with Crippen molar-refractivity contribution in [2.45, 2.75) is 13.5 Å². The lowest BCUT2D eigenvalue weighted by Gasteiger charge is -2.08. The van der Waals surface area contributed by atoms with Gasteiger partial charge in [0.15, 0.2) is 5.69 Å². The van der Waals surface area contributed by atoms with Crippen LogP contribution in [0.1, 0.15) is 27.3 Å². The number of para-hydroxylation sites is 1. The first-order valence-corrected chi connectivity index (χ1v) is 7.62. The van der Waals surface area contributed by atoms with Crippen LogP contribution in [0.5, 0.6) is 5.75 Å². The number of nitrogens with zero attached hydrogens (tertiary/aromatic N) is 3. The van der Waals surface area contributed by atoms with Crippen LogP contribution in [0, 0.1) is 6.92 Å². The number of aromatic nitrogens is 2. The van der Waals surface area contributed by atoms with Crippen LogP contribution in [0.25, 0.3) is 0 Å². The normalized spacial score (nSPS) is 10.8. The molecule has 0 fully saturated rings. The first-order chi connectivity index (χ1) is 12.2. The monoisotopic (exact) mass is 336 g/mol. The van der Waals surface area contributed by atoms with E-state index in [1.807, 2.05) is 54.6 Å². The van der Waals surface area contributed by atoms with Gasteiger partial charge in [-0.1, -0.05) is 47.6 Å². The molecule has 3 aromatic rings. The molecule has 1 N–H and O–H groups in total. The number of aryl methyl sites for hydroxylation is 1. The lowest BCUT2D eigenvalue weighted by atomic mass is 10.2. The van der Waals surface area contributed by atoms with Gasteiger partial charge in [0.2, 0.25) is 0 Å². The Morgan fingerprint density at radius 3 is 2.68 bits per heavy atom. The summed E-state index contributed by atoms with van der Waals surface area (Å²) in [5.41, 5.74) is 4.70. The Balaban J connectivity index is 1.64. The average molecular weight is 336 g/mol. The second kappa shape index (κ2) is 7.87. The zero-order valence-corrected chi connectivity index (χ0v) is 13.5. The molecular formula is C18H16N4O3. The van der Waals surface area contributed by atoms with Crippen molar-refractivity contribution >= 4 is 12.1 Å². The van der Waals surface area contributed by atoms with Gasteiger partial charge in [0.1, 0.15) is 18.1 Å². The minimum atomic E-state index is -0.488. The molecule has 7 heteroatoms. The molecule has 1 heterocycles. The maximum absolute atomic E-state index is 11.9. The second-order valence-corrected chi connectivity index (χ2v) is 5.21. The van der Waals surface area contributed by atoms with Gasteiger partial charge in [0, 0.05) is 5.56 Å². The van der Waals surface area contributed by atoms with Crippen molar-refractivity contribution < 1.29 is 14.2 Å². The van der Waals surface area contributed by atoms with Crippen LogP contribution in [0.4, 0.5) is 0 Å². The number of hydrogen-bond donors (Lipinski definition) is 1. The standard InChI is InChI=1S/C18H16N4O3/c1-13-17(22-25-21-13)18(23)20-19-11-15-9-5-6-10-16(15)24-12-14-7-3-2-4-8-14/h2-11H,12H2,1H3,(H,20,23)/b19-11+. The number of nitrogens with one attached hydrogen (secondary N) is 1. The van der Waals surface area contributed by atoms with Crippen molar-refractivity contribution in [1.29, 1.82) is 0 Å². The van der Waals surface area contributed by atoms with Gasteiger partial charge >= 0.3 is 0 Å². The third kappa shape index (κ3) is 4.29. The molecule has 0 saturated heterocycles. The van der Waals surface area contributed by atoms with Crippen LogP contribution >= 0.6 is 0 Å². The molecule has 0 aliphatic carbocycles. The number of benzene rings is 2. The minimum Gasteiger partial charge on any atom is -0.488 e. The number of ether oxygens (including phenoxy) is 1. The maximum Gasteiger partial charge on any atom is 0.295 e. The summed E-state index contributed by atoms with van der Waals surface area (Å²) in [6.45, 7) is 2.07. The Labute approximate surface area is 144 Å². The zero-order valence-electron chi connectivity index (χ0n) is 13.5. The van der Waals surface area contributed by atoms with Crippen molar-refractivity contribution in [2.75, 3.05) is 0 Å². The van der Waals surface area contributed by atoms with Crippen LogP contribution in [-0.2, 0) is 6.61 Å². The van der Waals surface area contributed by atoms with E-state index in [1.165, 1.54) is 6.21 Å². The summed E-state index contributed by atoms with van der Waals surface area (Å²) in [6.07, 6.45) is 1.51. The lowest BCUT2D eigenvalue weighted by molar-refractivity contribution is 0.0945. The maximum atomic E-state index is 11.9. The van der Waals surface area contributed by atoms with Crippen molar-refractivity contribution in [3.05, 3.63) is 77.1 Å². The van der Waals surface area contributed by atoms with E-state index >= 15 is 0 Å². The SMILES string of the molecule is Cc1nonc1C(=O)N/N=C/c1ccccc1OCc1ccccc1. The largest absolute Gasteiger partial charge is 0.488 e. The number of amides is 1. The number of hydrazone groups is 1. The van der Waals surface area contributed by atoms with E-state index in [0.29, 0.717) is 18.1 Å². The van der Waals surface area contributed by atoms with E-state index in [1.54, 1.807) is 6.92 Å². The number of carbonyl (C=O) groups excluding carboxylic acids is 1. The van der Waals surface area contributed by atoms with Gasteiger partial charge in [-0.25, -0.2) is 10.1 Å². The molecule has 0 spiro atoms. The summed E-state index contributed by atoms with van der Waals surface area (Å²) in [5, 5.41) is 11.0. The van der Waals surface area contributed by atoms with Crippen LogP contribution in [0.2, 0.25) is 0 Å². The summed E-state index contributed by atoms with van der Waals surface area (Å²) >= 11 is 0. The highest BCUT2D eigenvalue weighted by molar-refractivity contribution is 5.94. The number of hydrogen-bond acceptors (Lipinski definition) is 6. The average Bonchev–Trinajstić information content (AvgIpc) is 3.08. The summed E-state index contributed by atoms with van der Waals surface area (Å²) in [7, 11) is 0. The van der Waals surface area contributed by atoms with Gasteiger partial charge in [0.25, 0.3) is 5.91 Å². The summed E-state index contributed by atoms with van der Waals surface area (Å²) in [6, 6.07) is 17.3. The molecule has 0 bridgehead atoms. The molecule has 3 rings (SSSR count). The molecule has 0 aliphatic rings. The molecule has 0 atom stereocenters. The van der Waals surface area contributed by atoms with Crippen molar-refractivity contribution in [3.63, 3.8) is 0 Å². The van der Waals surface area contributed by atoms with Gasteiger partial charge in [-0.3, -0.25) is 4.79 Å². The van der Waals surface area contributed by atoms with E-state index in [0.717, 1.165) is 11.1 Å². The van der Waals surface area contributed by atoms with E-state index in [9.17, 15) is 4.79 Å². The van der Waals surface area contributed by atoms with E-state index in [2.05, 4.69) is 25.5 Å². The Morgan fingerprint density at radius 2 is 1.92 bits per heavy atom. The third-order valence-corrected chi connectivity index (χ3v) is 3.39. The molecule has 1 aromatic heterocycles. The zero-order chi connectivity index (χ0) is 17.5. The first kappa shape index (κ1) is 16.4. The molecule has 1 amide bonds. The summed E-state index contributed by atoms with van der Waals surface area (Å²) < 4.78 is 10.3. The quantitative estimate of drug-likeness (QED) is 0.552. The highest BCUT2D eigenvalue weighted by Gasteiger charge is 2.13. The summed E-state index contributed by atoms with van der Waals surface area (Å²) in [5.74, 6) is 0.182. The van der Waals surface area contributed by atoms with E-state index < -0.39 is 5.91 Å². The Kier molecular flexibility index (Phi) is 5.16. The predicted molar refractivity (Wildman–Crippen MR) is 91.3 cm³/mol. The Morgan fingerprint density at radius 1 is 1.16 bits per heavy atom. The van der Waals surface area contributed by atoms with Gasteiger partial charge in [-0.2, -0.15) is 5.10 Å². The predicted octanol–water partition coefficient (Wildman–Crippen LogP) is 2.72. The third-order valence-electron chi connectivity index (χ3n) is 3.39. The van der Waals surface area contributed by atoms with Crippen LogP contribution in [0.3, 0.4) is 0 Å².